The molecule has 0 fully saturated rings. The zero-order valence-corrected chi connectivity index (χ0v) is 11.5. The van der Waals surface area contributed by atoms with E-state index in [1.165, 1.54) is 19.9 Å². The fourth-order valence-corrected chi connectivity index (χ4v) is 2.48. The van der Waals surface area contributed by atoms with Crippen molar-refractivity contribution in [3.63, 3.8) is 0 Å². The van der Waals surface area contributed by atoms with Crippen LogP contribution >= 0.6 is 0 Å². The molecule has 0 spiro atoms. The van der Waals surface area contributed by atoms with Gasteiger partial charge in [0.05, 0.1) is 0 Å². The highest BCUT2D eigenvalue weighted by Crippen LogP contribution is 2.32. The lowest BCUT2D eigenvalue weighted by Gasteiger charge is -2.19. The summed E-state index contributed by atoms with van der Waals surface area (Å²) in [5, 5.41) is 8.75. The van der Waals surface area contributed by atoms with Gasteiger partial charge >= 0.3 is 0 Å². The maximum Gasteiger partial charge on any atom is 0.271 e. The third kappa shape index (κ3) is 2.56. The van der Waals surface area contributed by atoms with Crippen molar-refractivity contribution in [1.29, 1.82) is 0 Å². The molecule has 102 valence electrons. The first-order valence-electron chi connectivity index (χ1n) is 5.48. The molecule has 0 aliphatic rings. The molecule has 1 aromatic rings. The van der Waals surface area contributed by atoms with E-state index in [0.29, 0.717) is 5.56 Å². The van der Waals surface area contributed by atoms with E-state index in [9.17, 15) is 18.3 Å². The van der Waals surface area contributed by atoms with Crippen LogP contribution in [0.3, 0.4) is 0 Å². The first-order chi connectivity index (χ1) is 8.07. The van der Waals surface area contributed by atoms with Crippen molar-refractivity contribution in [2.24, 2.45) is 0 Å². The lowest BCUT2D eigenvalue weighted by atomic mass is 10.1. The highest BCUT2D eigenvalue weighted by molar-refractivity contribution is 7.86. The van der Waals surface area contributed by atoms with Crippen LogP contribution in [0.1, 0.15) is 43.2 Å². The number of nitrogens with zero attached hydrogens (tertiary/aromatic N) is 1. The molecule has 0 saturated heterocycles. The molecule has 0 bridgehead atoms. The molecule has 1 unspecified atom stereocenters. The summed E-state index contributed by atoms with van der Waals surface area (Å²) in [6.45, 7) is 6.16. The Labute approximate surface area is 106 Å². The molecule has 1 atom stereocenters. The normalized spacial score (nSPS) is 13.9. The molecule has 7 heteroatoms. The minimum atomic E-state index is -4.33. The zero-order valence-electron chi connectivity index (χ0n) is 10.7. The second-order valence-corrected chi connectivity index (χ2v) is 6.26. The Balaban J connectivity index is 3.66. The van der Waals surface area contributed by atoms with Crippen molar-refractivity contribution in [3.8, 4) is 5.88 Å². The second kappa shape index (κ2) is 4.74. The van der Waals surface area contributed by atoms with Gasteiger partial charge in [-0.1, -0.05) is 0 Å². The Morgan fingerprint density at radius 1 is 1.28 bits per heavy atom. The number of hydrogen-bond donors (Lipinski definition) is 2. The quantitative estimate of drug-likeness (QED) is 0.812. The Bertz CT molecular complexity index is 615. The summed E-state index contributed by atoms with van der Waals surface area (Å²) in [7, 11) is -4.33. The van der Waals surface area contributed by atoms with Crippen LogP contribution in [-0.2, 0) is 10.1 Å². The van der Waals surface area contributed by atoms with Gasteiger partial charge in [-0.05, 0) is 33.3 Å². The molecule has 18 heavy (non-hydrogen) atoms. The van der Waals surface area contributed by atoms with E-state index in [1.807, 2.05) is 0 Å². The summed E-state index contributed by atoms with van der Waals surface area (Å²) in [5.74, 6) is -0.417. The molecule has 6 nitrogen and oxygen atoms in total. The highest BCUT2D eigenvalue weighted by Gasteiger charge is 2.27. The van der Waals surface area contributed by atoms with Crippen molar-refractivity contribution in [2.75, 3.05) is 0 Å². The summed E-state index contributed by atoms with van der Waals surface area (Å²) >= 11 is 0. The molecule has 2 N–H and O–H groups in total. The fourth-order valence-electron chi connectivity index (χ4n) is 1.89. The van der Waals surface area contributed by atoms with Crippen molar-refractivity contribution in [1.82, 2.24) is 4.57 Å². The van der Waals surface area contributed by atoms with Crippen LogP contribution < -0.4 is 5.56 Å². The molecule has 1 aromatic heterocycles. The lowest BCUT2D eigenvalue weighted by Crippen LogP contribution is -2.24. The monoisotopic (exact) mass is 275 g/mol. The maximum atomic E-state index is 11.7. The van der Waals surface area contributed by atoms with E-state index >= 15 is 0 Å². The number of aromatic nitrogens is 1. The highest BCUT2D eigenvalue weighted by atomic mass is 32.2. The Hall–Kier alpha value is -1.34. The lowest BCUT2D eigenvalue weighted by molar-refractivity contribution is 0.378. The third-order valence-electron chi connectivity index (χ3n) is 2.84. The predicted molar refractivity (Wildman–Crippen MR) is 67.5 cm³/mol. The standard InChI is InChI=1S/C11H17NO5S/c1-6(2)12-9(13)5-7(3)10(11(12)14)8(4)18(15,16)17/h5-6,8,14H,1-4H3,(H,15,16,17). The van der Waals surface area contributed by atoms with Gasteiger partial charge in [0, 0.05) is 17.7 Å². The average Bonchev–Trinajstić information content (AvgIpc) is 2.13. The number of pyridine rings is 1. The topological polar surface area (TPSA) is 96.6 Å². The molecule has 1 rings (SSSR count). The van der Waals surface area contributed by atoms with Crippen molar-refractivity contribution in [3.05, 3.63) is 27.5 Å². The van der Waals surface area contributed by atoms with Crippen LogP contribution in [0, 0.1) is 6.92 Å². The van der Waals surface area contributed by atoms with Gasteiger partial charge in [-0.2, -0.15) is 8.42 Å². The van der Waals surface area contributed by atoms with Gasteiger partial charge in [0.2, 0.25) is 0 Å². The van der Waals surface area contributed by atoms with Crippen molar-refractivity contribution in [2.45, 2.75) is 39.0 Å². The van der Waals surface area contributed by atoms with Crippen molar-refractivity contribution >= 4 is 10.1 Å². The average molecular weight is 275 g/mol. The first kappa shape index (κ1) is 14.7. The molecule has 0 aliphatic heterocycles. The summed E-state index contributed by atoms with van der Waals surface area (Å²) in [6, 6.07) is 0.932. The minimum absolute atomic E-state index is 0.0470. The van der Waals surface area contributed by atoms with E-state index in [1.54, 1.807) is 13.8 Å². The molecule has 0 radical (unpaired) electrons. The number of hydrogen-bond acceptors (Lipinski definition) is 4. The summed E-state index contributed by atoms with van der Waals surface area (Å²) < 4.78 is 32.5. The van der Waals surface area contributed by atoms with Crippen LogP contribution in [0.2, 0.25) is 0 Å². The van der Waals surface area contributed by atoms with Crippen LogP contribution in [0.5, 0.6) is 5.88 Å². The van der Waals surface area contributed by atoms with Crippen LogP contribution in [0.25, 0.3) is 0 Å². The van der Waals surface area contributed by atoms with E-state index in [-0.39, 0.29) is 11.6 Å². The Morgan fingerprint density at radius 2 is 1.78 bits per heavy atom. The van der Waals surface area contributed by atoms with E-state index < -0.39 is 26.8 Å². The molecular weight excluding hydrogens is 258 g/mol. The maximum absolute atomic E-state index is 11.7. The molecular formula is C11H17NO5S. The number of aryl methyl sites for hydroxylation is 1. The van der Waals surface area contributed by atoms with Gasteiger partial charge in [0.15, 0.2) is 5.88 Å². The second-order valence-electron chi connectivity index (χ2n) is 4.52. The molecule has 0 aliphatic carbocycles. The van der Waals surface area contributed by atoms with E-state index in [2.05, 4.69) is 0 Å². The summed E-state index contributed by atoms with van der Waals surface area (Å²) in [6.07, 6.45) is 0. The summed E-state index contributed by atoms with van der Waals surface area (Å²) in [5.41, 5.74) is -0.0309. The Kier molecular flexibility index (Phi) is 3.87. The number of aromatic hydroxyl groups is 1. The predicted octanol–water partition coefficient (Wildman–Crippen LogP) is 1.39. The SMILES string of the molecule is Cc1cc(=O)n(C(C)C)c(O)c1C(C)S(=O)(=O)O. The third-order valence-corrected chi connectivity index (χ3v) is 3.97. The smallest absolute Gasteiger partial charge is 0.271 e. The van der Waals surface area contributed by atoms with Crippen LogP contribution in [0.15, 0.2) is 10.9 Å². The van der Waals surface area contributed by atoms with Gasteiger partial charge in [0.1, 0.15) is 5.25 Å². The van der Waals surface area contributed by atoms with Crippen molar-refractivity contribution < 1.29 is 18.1 Å². The van der Waals surface area contributed by atoms with Crippen LogP contribution in [0.4, 0.5) is 0 Å². The molecule has 1 heterocycles. The molecule has 0 amide bonds. The van der Waals surface area contributed by atoms with E-state index in [0.717, 1.165) is 4.57 Å². The van der Waals surface area contributed by atoms with Crippen LogP contribution in [-0.4, -0.2) is 22.6 Å². The van der Waals surface area contributed by atoms with Gasteiger partial charge in [-0.15, -0.1) is 0 Å². The van der Waals surface area contributed by atoms with Gasteiger partial charge in [0.25, 0.3) is 15.7 Å². The minimum Gasteiger partial charge on any atom is -0.494 e. The molecule has 0 saturated carbocycles. The molecule has 0 aromatic carbocycles. The zero-order chi connectivity index (χ0) is 14.2. The van der Waals surface area contributed by atoms with Gasteiger partial charge < -0.3 is 5.11 Å². The Morgan fingerprint density at radius 3 is 2.17 bits per heavy atom. The fraction of sp³-hybridized carbons (Fsp3) is 0.545. The largest absolute Gasteiger partial charge is 0.494 e. The van der Waals surface area contributed by atoms with Gasteiger partial charge in [-0.25, -0.2) is 0 Å². The first-order valence-corrected chi connectivity index (χ1v) is 6.99. The summed E-state index contributed by atoms with van der Waals surface area (Å²) in [4.78, 5) is 11.7. The van der Waals surface area contributed by atoms with Gasteiger partial charge in [-0.3, -0.25) is 13.9 Å². The number of rotatable bonds is 3. The van der Waals surface area contributed by atoms with E-state index in [4.69, 9.17) is 4.55 Å².